The van der Waals surface area contributed by atoms with Crippen molar-refractivity contribution in [3.8, 4) is 0 Å². The standard InChI is InChI=1S/C10H14N2O3S/c1-14-10(13)9-6-12(2-3-15-9)5-8-4-11-7-16-8/h4,7,9H,2-3,5-6H2,1H3. The molecule has 0 N–H and O–H groups in total. The Morgan fingerprint density at radius 2 is 2.69 bits per heavy atom. The number of esters is 1. The highest BCUT2D eigenvalue weighted by atomic mass is 32.1. The minimum absolute atomic E-state index is 0.297. The van der Waals surface area contributed by atoms with Crippen LogP contribution < -0.4 is 0 Å². The first-order valence-corrected chi connectivity index (χ1v) is 5.96. The van der Waals surface area contributed by atoms with E-state index in [1.807, 2.05) is 11.7 Å². The number of carbonyl (C=O) groups excluding carboxylic acids is 1. The molecule has 0 saturated carbocycles. The molecule has 0 amide bonds. The van der Waals surface area contributed by atoms with Crippen LogP contribution in [0.5, 0.6) is 0 Å². The number of thiazole rings is 1. The molecule has 0 aromatic carbocycles. The van der Waals surface area contributed by atoms with Crippen LogP contribution in [0.1, 0.15) is 4.88 Å². The summed E-state index contributed by atoms with van der Waals surface area (Å²) in [6.07, 6.45) is 1.40. The zero-order valence-electron chi connectivity index (χ0n) is 9.09. The SMILES string of the molecule is COC(=O)C1CN(Cc2cncs2)CCO1. The quantitative estimate of drug-likeness (QED) is 0.723. The summed E-state index contributed by atoms with van der Waals surface area (Å²) >= 11 is 1.62. The van der Waals surface area contributed by atoms with Gasteiger partial charge in [0.15, 0.2) is 6.10 Å². The lowest BCUT2D eigenvalue weighted by Gasteiger charge is -2.30. The molecule has 1 aliphatic heterocycles. The summed E-state index contributed by atoms with van der Waals surface area (Å²) in [5.41, 5.74) is 1.81. The third-order valence-electron chi connectivity index (χ3n) is 2.48. The third-order valence-corrected chi connectivity index (χ3v) is 3.24. The molecule has 0 spiro atoms. The van der Waals surface area contributed by atoms with E-state index in [0.717, 1.165) is 13.1 Å². The van der Waals surface area contributed by atoms with Crippen molar-refractivity contribution in [1.29, 1.82) is 0 Å². The Kier molecular flexibility index (Phi) is 3.87. The number of morpholine rings is 1. The molecule has 1 aromatic rings. The van der Waals surface area contributed by atoms with E-state index in [0.29, 0.717) is 13.2 Å². The van der Waals surface area contributed by atoms with Gasteiger partial charge >= 0.3 is 5.97 Å². The molecule has 1 saturated heterocycles. The number of aromatic nitrogens is 1. The van der Waals surface area contributed by atoms with Crippen LogP contribution in [0.2, 0.25) is 0 Å². The summed E-state index contributed by atoms with van der Waals surface area (Å²) in [6, 6.07) is 0. The Balaban J connectivity index is 1.89. The monoisotopic (exact) mass is 242 g/mol. The Bertz CT molecular complexity index is 342. The van der Waals surface area contributed by atoms with Gasteiger partial charge in [-0.25, -0.2) is 4.79 Å². The molecule has 16 heavy (non-hydrogen) atoms. The van der Waals surface area contributed by atoms with Crippen molar-refractivity contribution in [2.24, 2.45) is 0 Å². The van der Waals surface area contributed by atoms with E-state index in [2.05, 4.69) is 14.6 Å². The summed E-state index contributed by atoms with van der Waals surface area (Å²) in [7, 11) is 1.38. The fourth-order valence-electron chi connectivity index (χ4n) is 1.66. The molecule has 2 rings (SSSR count). The topological polar surface area (TPSA) is 51.7 Å². The Morgan fingerprint density at radius 1 is 1.81 bits per heavy atom. The Hall–Kier alpha value is -0.980. The van der Waals surface area contributed by atoms with Crippen molar-refractivity contribution in [3.63, 3.8) is 0 Å². The van der Waals surface area contributed by atoms with Crippen molar-refractivity contribution in [1.82, 2.24) is 9.88 Å². The lowest BCUT2D eigenvalue weighted by Crippen LogP contribution is -2.45. The molecule has 88 valence electrons. The molecule has 2 heterocycles. The zero-order valence-corrected chi connectivity index (χ0v) is 9.90. The molecule has 0 radical (unpaired) electrons. The van der Waals surface area contributed by atoms with Gasteiger partial charge in [-0.15, -0.1) is 11.3 Å². The van der Waals surface area contributed by atoms with Gasteiger partial charge in [-0.3, -0.25) is 9.88 Å². The molecular formula is C10H14N2O3S. The van der Waals surface area contributed by atoms with E-state index in [-0.39, 0.29) is 5.97 Å². The average molecular weight is 242 g/mol. The smallest absolute Gasteiger partial charge is 0.336 e. The predicted molar refractivity (Wildman–Crippen MR) is 59.1 cm³/mol. The van der Waals surface area contributed by atoms with Crippen molar-refractivity contribution in [2.75, 3.05) is 26.8 Å². The summed E-state index contributed by atoms with van der Waals surface area (Å²) in [5, 5.41) is 0. The number of rotatable bonds is 3. The fourth-order valence-corrected chi connectivity index (χ4v) is 2.30. The number of carbonyl (C=O) groups is 1. The van der Waals surface area contributed by atoms with E-state index >= 15 is 0 Å². The second kappa shape index (κ2) is 5.38. The molecule has 1 aromatic heterocycles. The van der Waals surface area contributed by atoms with Crippen molar-refractivity contribution in [3.05, 3.63) is 16.6 Å². The first kappa shape index (κ1) is 11.5. The lowest BCUT2D eigenvalue weighted by molar-refractivity contribution is -0.159. The van der Waals surface area contributed by atoms with Crippen molar-refractivity contribution >= 4 is 17.3 Å². The lowest BCUT2D eigenvalue weighted by atomic mass is 10.2. The van der Waals surface area contributed by atoms with Crippen molar-refractivity contribution < 1.29 is 14.3 Å². The summed E-state index contributed by atoms with van der Waals surface area (Å²) < 4.78 is 10.0. The van der Waals surface area contributed by atoms with E-state index in [1.54, 1.807) is 11.3 Å². The van der Waals surface area contributed by atoms with Gasteiger partial charge in [0.25, 0.3) is 0 Å². The van der Waals surface area contributed by atoms with E-state index in [1.165, 1.54) is 12.0 Å². The molecule has 5 nitrogen and oxygen atoms in total. The number of hydrogen-bond acceptors (Lipinski definition) is 6. The summed E-state index contributed by atoms with van der Waals surface area (Å²) in [5.74, 6) is -0.297. The normalized spacial score (nSPS) is 21.9. The van der Waals surface area contributed by atoms with Gasteiger partial charge < -0.3 is 9.47 Å². The van der Waals surface area contributed by atoms with Crippen LogP contribution in [-0.4, -0.2) is 48.8 Å². The van der Waals surface area contributed by atoms with Crippen molar-refractivity contribution in [2.45, 2.75) is 12.6 Å². The van der Waals surface area contributed by atoms with Gasteiger partial charge in [-0.2, -0.15) is 0 Å². The highest BCUT2D eigenvalue weighted by Gasteiger charge is 2.27. The van der Waals surface area contributed by atoms with Crippen LogP contribution in [-0.2, 0) is 20.8 Å². The van der Waals surface area contributed by atoms with E-state index < -0.39 is 6.10 Å². The minimum atomic E-state index is -0.452. The van der Waals surface area contributed by atoms with Gasteiger partial charge in [0.1, 0.15) is 0 Å². The summed E-state index contributed by atoms with van der Waals surface area (Å²) in [6.45, 7) is 2.82. The highest BCUT2D eigenvalue weighted by molar-refractivity contribution is 7.09. The molecule has 0 bridgehead atoms. The average Bonchev–Trinajstić information content (AvgIpc) is 2.81. The maximum atomic E-state index is 11.3. The molecule has 1 aliphatic rings. The van der Waals surface area contributed by atoms with Crippen LogP contribution in [0.4, 0.5) is 0 Å². The molecule has 0 aliphatic carbocycles. The first-order chi connectivity index (χ1) is 7.79. The van der Waals surface area contributed by atoms with Gasteiger partial charge in [0.05, 0.1) is 19.2 Å². The maximum Gasteiger partial charge on any atom is 0.336 e. The molecule has 1 atom stereocenters. The number of methoxy groups -OCH3 is 1. The van der Waals surface area contributed by atoms with Gasteiger partial charge in [-0.05, 0) is 0 Å². The zero-order chi connectivity index (χ0) is 11.4. The summed E-state index contributed by atoms with van der Waals surface area (Å²) in [4.78, 5) is 18.7. The fraction of sp³-hybridized carbons (Fsp3) is 0.600. The second-order valence-electron chi connectivity index (χ2n) is 3.59. The van der Waals surface area contributed by atoms with E-state index in [4.69, 9.17) is 4.74 Å². The third kappa shape index (κ3) is 2.78. The highest BCUT2D eigenvalue weighted by Crippen LogP contribution is 2.13. The van der Waals surface area contributed by atoms with Gasteiger partial charge in [0.2, 0.25) is 0 Å². The Morgan fingerprint density at radius 3 is 3.38 bits per heavy atom. The molecular weight excluding hydrogens is 228 g/mol. The number of hydrogen-bond donors (Lipinski definition) is 0. The largest absolute Gasteiger partial charge is 0.467 e. The van der Waals surface area contributed by atoms with Crippen LogP contribution in [0.15, 0.2) is 11.7 Å². The number of nitrogens with zero attached hydrogens (tertiary/aromatic N) is 2. The minimum Gasteiger partial charge on any atom is -0.467 e. The van der Waals surface area contributed by atoms with Gasteiger partial charge in [0, 0.05) is 30.7 Å². The Labute approximate surface area is 98.0 Å². The maximum absolute atomic E-state index is 11.3. The predicted octanol–water partition coefficient (Wildman–Crippen LogP) is 0.517. The molecule has 1 unspecified atom stereocenters. The van der Waals surface area contributed by atoms with Crippen LogP contribution in [0.25, 0.3) is 0 Å². The molecule has 1 fully saturated rings. The van der Waals surface area contributed by atoms with E-state index in [9.17, 15) is 4.79 Å². The number of ether oxygens (including phenoxy) is 2. The van der Waals surface area contributed by atoms with Crippen LogP contribution in [0, 0.1) is 0 Å². The van der Waals surface area contributed by atoms with Crippen LogP contribution in [0.3, 0.4) is 0 Å². The molecule has 6 heteroatoms. The van der Waals surface area contributed by atoms with Crippen LogP contribution >= 0.6 is 11.3 Å². The first-order valence-electron chi connectivity index (χ1n) is 5.08. The second-order valence-corrected chi connectivity index (χ2v) is 4.56. The van der Waals surface area contributed by atoms with Gasteiger partial charge in [-0.1, -0.05) is 0 Å².